The zero-order chi connectivity index (χ0) is 10.6. The monoisotopic (exact) mass is 195 g/mol. The summed E-state index contributed by atoms with van der Waals surface area (Å²) in [5, 5.41) is 4.07. The SMILES string of the molecule is CCCC(CN)C(=O)c1ccn(C)n1. The number of nitrogens with zero attached hydrogens (tertiary/aromatic N) is 2. The van der Waals surface area contributed by atoms with Crippen LogP contribution in [0.25, 0.3) is 0 Å². The Bertz CT molecular complexity index is 306. The molecule has 0 aliphatic carbocycles. The van der Waals surface area contributed by atoms with E-state index in [1.54, 1.807) is 24.0 Å². The average molecular weight is 195 g/mol. The van der Waals surface area contributed by atoms with Crippen molar-refractivity contribution < 1.29 is 4.79 Å². The molecule has 0 bridgehead atoms. The van der Waals surface area contributed by atoms with Crippen molar-refractivity contribution >= 4 is 5.78 Å². The molecule has 0 amide bonds. The van der Waals surface area contributed by atoms with Gasteiger partial charge in [0.05, 0.1) is 0 Å². The molecular formula is C10H17N3O. The van der Waals surface area contributed by atoms with Crippen LogP contribution in [0.15, 0.2) is 12.3 Å². The maximum Gasteiger partial charge on any atom is 0.187 e. The van der Waals surface area contributed by atoms with Gasteiger partial charge < -0.3 is 5.73 Å². The number of aryl methyl sites for hydroxylation is 1. The number of Topliss-reactive ketones (excluding diaryl/α,β-unsaturated/α-hetero) is 1. The highest BCUT2D eigenvalue weighted by molar-refractivity contribution is 5.96. The summed E-state index contributed by atoms with van der Waals surface area (Å²) >= 11 is 0. The van der Waals surface area contributed by atoms with Crippen molar-refractivity contribution in [3.63, 3.8) is 0 Å². The molecule has 1 aromatic heterocycles. The van der Waals surface area contributed by atoms with Crippen LogP contribution in [0, 0.1) is 5.92 Å². The van der Waals surface area contributed by atoms with E-state index in [0.29, 0.717) is 12.2 Å². The molecule has 1 aromatic rings. The van der Waals surface area contributed by atoms with E-state index >= 15 is 0 Å². The molecule has 1 unspecified atom stereocenters. The summed E-state index contributed by atoms with van der Waals surface area (Å²) in [5.74, 6) is -0.00940. The van der Waals surface area contributed by atoms with Crippen LogP contribution in [0.5, 0.6) is 0 Å². The Morgan fingerprint density at radius 2 is 2.43 bits per heavy atom. The van der Waals surface area contributed by atoms with Gasteiger partial charge in [0, 0.05) is 25.7 Å². The molecule has 14 heavy (non-hydrogen) atoms. The second-order valence-electron chi connectivity index (χ2n) is 3.46. The van der Waals surface area contributed by atoms with E-state index in [1.807, 2.05) is 6.92 Å². The van der Waals surface area contributed by atoms with Gasteiger partial charge in [0.2, 0.25) is 0 Å². The Morgan fingerprint density at radius 3 is 2.86 bits per heavy atom. The van der Waals surface area contributed by atoms with Gasteiger partial charge in [0.25, 0.3) is 0 Å². The Kier molecular flexibility index (Phi) is 3.83. The first kappa shape index (κ1) is 10.9. The van der Waals surface area contributed by atoms with Gasteiger partial charge >= 0.3 is 0 Å². The fourth-order valence-electron chi connectivity index (χ4n) is 1.46. The smallest absolute Gasteiger partial charge is 0.187 e. The summed E-state index contributed by atoms with van der Waals surface area (Å²) < 4.78 is 1.63. The topological polar surface area (TPSA) is 60.9 Å². The zero-order valence-corrected chi connectivity index (χ0v) is 8.73. The van der Waals surface area contributed by atoms with E-state index < -0.39 is 0 Å². The van der Waals surface area contributed by atoms with Crippen LogP contribution in [-0.2, 0) is 7.05 Å². The lowest BCUT2D eigenvalue weighted by Crippen LogP contribution is -2.24. The van der Waals surface area contributed by atoms with Gasteiger partial charge in [-0.2, -0.15) is 5.10 Å². The Balaban J connectivity index is 2.72. The maximum absolute atomic E-state index is 11.8. The molecule has 78 valence electrons. The zero-order valence-electron chi connectivity index (χ0n) is 8.73. The summed E-state index contributed by atoms with van der Waals surface area (Å²) in [6.07, 6.45) is 3.58. The molecule has 4 heteroatoms. The van der Waals surface area contributed by atoms with Gasteiger partial charge in [-0.15, -0.1) is 0 Å². The van der Waals surface area contributed by atoms with E-state index in [0.717, 1.165) is 12.8 Å². The molecule has 0 spiro atoms. The molecule has 1 rings (SSSR count). The van der Waals surface area contributed by atoms with E-state index in [9.17, 15) is 4.79 Å². The standard InChI is InChI=1S/C10H17N3O/c1-3-4-8(7-11)10(14)9-5-6-13(2)12-9/h5-6,8H,3-4,7,11H2,1-2H3. The van der Waals surface area contributed by atoms with Crippen molar-refractivity contribution in [1.82, 2.24) is 9.78 Å². The summed E-state index contributed by atoms with van der Waals surface area (Å²) in [4.78, 5) is 11.8. The number of ketones is 1. The number of rotatable bonds is 5. The van der Waals surface area contributed by atoms with E-state index in [-0.39, 0.29) is 11.7 Å². The molecule has 4 nitrogen and oxygen atoms in total. The number of hydrogen-bond donors (Lipinski definition) is 1. The highest BCUT2D eigenvalue weighted by Crippen LogP contribution is 2.11. The third-order valence-electron chi connectivity index (χ3n) is 2.26. The lowest BCUT2D eigenvalue weighted by Gasteiger charge is -2.09. The Hall–Kier alpha value is -1.16. The molecule has 0 aliphatic rings. The molecule has 0 saturated heterocycles. The number of carbonyl (C=O) groups excluding carboxylic acids is 1. The first-order valence-corrected chi connectivity index (χ1v) is 4.93. The second kappa shape index (κ2) is 4.91. The molecule has 0 saturated carbocycles. The van der Waals surface area contributed by atoms with E-state index in [2.05, 4.69) is 5.10 Å². The van der Waals surface area contributed by atoms with Crippen molar-refractivity contribution in [3.05, 3.63) is 18.0 Å². The maximum atomic E-state index is 11.8. The van der Waals surface area contributed by atoms with Crippen molar-refractivity contribution in [2.24, 2.45) is 18.7 Å². The molecule has 0 aliphatic heterocycles. The molecule has 1 heterocycles. The normalized spacial score (nSPS) is 12.8. The highest BCUT2D eigenvalue weighted by atomic mass is 16.1. The Labute approximate surface area is 84.1 Å². The Morgan fingerprint density at radius 1 is 1.71 bits per heavy atom. The summed E-state index contributed by atoms with van der Waals surface area (Å²) in [6, 6.07) is 1.74. The van der Waals surface area contributed by atoms with Gasteiger partial charge in [-0.3, -0.25) is 9.48 Å². The number of nitrogens with two attached hydrogens (primary N) is 1. The van der Waals surface area contributed by atoms with Crippen LogP contribution >= 0.6 is 0 Å². The van der Waals surface area contributed by atoms with Crippen LogP contribution in [-0.4, -0.2) is 22.1 Å². The molecule has 0 aromatic carbocycles. The molecule has 1 atom stereocenters. The van der Waals surface area contributed by atoms with Gasteiger partial charge in [-0.05, 0) is 12.5 Å². The van der Waals surface area contributed by atoms with E-state index in [1.165, 1.54) is 0 Å². The third-order valence-corrected chi connectivity index (χ3v) is 2.26. The fourth-order valence-corrected chi connectivity index (χ4v) is 1.46. The lowest BCUT2D eigenvalue weighted by atomic mass is 9.97. The van der Waals surface area contributed by atoms with Crippen LogP contribution < -0.4 is 5.73 Å². The minimum atomic E-state index is -0.0742. The minimum absolute atomic E-state index is 0.0648. The molecule has 2 N–H and O–H groups in total. The number of aromatic nitrogens is 2. The molecule has 0 radical (unpaired) electrons. The van der Waals surface area contributed by atoms with Crippen molar-refractivity contribution in [2.75, 3.05) is 6.54 Å². The summed E-state index contributed by atoms with van der Waals surface area (Å²) in [5.41, 5.74) is 6.07. The number of carbonyl (C=O) groups is 1. The van der Waals surface area contributed by atoms with Crippen molar-refractivity contribution in [3.8, 4) is 0 Å². The summed E-state index contributed by atoms with van der Waals surface area (Å²) in [7, 11) is 1.80. The third kappa shape index (κ3) is 2.42. The van der Waals surface area contributed by atoms with Crippen LogP contribution in [0.4, 0.5) is 0 Å². The summed E-state index contributed by atoms with van der Waals surface area (Å²) in [6.45, 7) is 2.46. The van der Waals surface area contributed by atoms with Gasteiger partial charge in [0.15, 0.2) is 5.78 Å². The quantitative estimate of drug-likeness (QED) is 0.712. The van der Waals surface area contributed by atoms with Gasteiger partial charge in [-0.1, -0.05) is 13.3 Å². The van der Waals surface area contributed by atoms with Crippen LogP contribution in [0.3, 0.4) is 0 Å². The van der Waals surface area contributed by atoms with Gasteiger partial charge in [0.1, 0.15) is 5.69 Å². The van der Waals surface area contributed by atoms with Crippen LogP contribution in [0.2, 0.25) is 0 Å². The minimum Gasteiger partial charge on any atom is -0.330 e. The predicted octanol–water partition coefficient (Wildman–Crippen LogP) is 0.978. The van der Waals surface area contributed by atoms with E-state index in [4.69, 9.17) is 5.73 Å². The average Bonchev–Trinajstić information content (AvgIpc) is 2.60. The van der Waals surface area contributed by atoms with Gasteiger partial charge in [-0.25, -0.2) is 0 Å². The van der Waals surface area contributed by atoms with Crippen molar-refractivity contribution in [1.29, 1.82) is 0 Å². The van der Waals surface area contributed by atoms with Crippen LogP contribution in [0.1, 0.15) is 30.3 Å². The molecular weight excluding hydrogens is 178 g/mol. The number of hydrogen-bond acceptors (Lipinski definition) is 3. The van der Waals surface area contributed by atoms with Crippen molar-refractivity contribution in [2.45, 2.75) is 19.8 Å². The first-order valence-electron chi connectivity index (χ1n) is 4.93. The largest absolute Gasteiger partial charge is 0.330 e. The first-order chi connectivity index (χ1) is 6.69. The predicted molar refractivity (Wildman–Crippen MR) is 55.0 cm³/mol. The molecule has 0 fully saturated rings. The second-order valence-corrected chi connectivity index (χ2v) is 3.46. The lowest BCUT2D eigenvalue weighted by molar-refractivity contribution is 0.0911. The highest BCUT2D eigenvalue weighted by Gasteiger charge is 2.19. The fraction of sp³-hybridized carbons (Fsp3) is 0.600.